The normalized spacial score (nSPS) is 21.9. The number of aromatic nitrogens is 2. The van der Waals surface area contributed by atoms with Crippen LogP contribution in [-0.4, -0.2) is 53.0 Å². The van der Waals surface area contributed by atoms with E-state index >= 15 is 0 Å². The van der Waals surface area contributed by atoms with Crippen molar-refractivity contribution in [2.75, 3.05) is 33.2 Å². The lowest BCUT2D eigenvalue weighted by Crippen LogP contribution is -2.44. The molecule has 1 aliphatic carbocycles. The summed E-state index contributed by atoms with van der Waals surface area (Å²) in [4.78, 5) is 13.2. The first-order valence-corrected chi connectivity index (χ1v) is 8.67. The molecule has 4 rings (SSSR count). The Hall–Kier alpha value is -1.39. The van der Waals surface area contributed by atoms with Crippen LogP contribution in [0.25, 0.3) is 11.0 Å². The van der Waals surface area contributed by atoms with Crippen molar-refractivity contribution in [2.24, 2.45) is 0 Å². The van der Waals surface area contributed by atoms with Gasteiger partial charge in [0.05, 0.1) is 0 Å². The molecule has 2 aromatic rings. The van der Waals surface area contributed by atoms with Crippen LogP contribution in [0.15, 0.2) is 18.3 Å². The molecule has 0 unspecified atom stereocenters. The third-order valence-electron chi connectivity index (χ3n) is 5.45. The minimum Gasteiger partial charge on any atom is -0.343 e. The predicted molar refractivity (Wildman–Crippen MR) is 90.1 cm³/mol. The van der Waals surface area contributed by atoms with Crippen molar-refractivity contribution in [1.82, 2.24) is 19.8 Å². The van der Waals surface area contributed by atoms with E-state index in [1.807, 2.05) is 6.20 Å². The zero-order valence-electron chi connectivity index (χ0n) is 13.5. The summed E-state index contributed by atoms with van der Waals surface area (Å²) >= 11 is 0. The van der Waals surface area contributed by atoms with E-state index in [1.54, 1.807) is 0 Å². The van der Waals surface area contributed by atoms with E-state index in [2.05, 4.69) is 38.9 Å². The van der Waals surface area contributed by atoms with Crippen molar-refractivity contribution in [2.45, 2.75) is 38.1 Å². The van der Waals surface area contributed by atoms with Crippen LogP contribution in [0.2, 0.25) is 0 Å². The number of H-pyrrole nitrogens is 1. The second-order valence-corrected chi connectivity index (χ2v) is 6.98. The summed E-state index contributed by atoms with van der Waals surface area (Å²) < 4.78 is 0. The molecule has 1 saturated heterocycles. The summed E-state index contributed by atoms with van der Waals surface area (Å²) in [5, 5.41) is 1.34. The molecule has 2 aliphatic rings. The van der Waals surface area contributed by atoms with E-state index in [0.717, 1.165) is 18.1 Å². The summed E-state index contributed by atoms with van der Waals surface area (Å²) in [5.74, 6) is 0.719. The molecule has 0 aromatic carbocycles. The maximum atomic E-state index is 4.56. The number of pyridine rings is 1. The first-order valence-electron chi connectivity index (χ1n) is 8.67. The van der Waals surface area contributed by atoms with Crippen molar-refractivity contribution in [1.29, 1.82) is 0 Å². The van der Waals surface area contributed by atoms with E-state index < -0.39 is 0 Å². The Labute approximate surface area is 132 Å². The van der Waals surface area contributed by atoms with E-state index in [-0.39, 0.29) is 0 Å². The number of rotatable bonds is 3. The van der Waals surface area contributed by atoms with Crippen LogP contribution in [-0.2, 0) is 6.54 Å². The molecule has 4 nitrogen and oxygen atoms in total. The Morgan fingerprint density at radius 3 is 2.73 bits per heavy atom. The first-order chi connectivity index (χ1) is 10.8. The highest BCUT2D eigenvalue weighted by atomic mass is 15.2. The van der Waals surface area contributed by atoms with Crippen LogP contribution in [0.4, 0.5) is 0 Å². The predicted octanol–water partition coefficient (Wildman–Crippen LogP) is 2.97. The first kappa shape index (κ1) is 14.2. The molecule has 2 aromatic heterocycles. The molecule has 0 spiro atoms. The van der Waals surface area contributed by atoms with Gasteiger partial charge < -0.3 is 9.88 Å². The standard InChI is InChI=1S/C18H26N4/c1-21-9-11-22(12-10-21)13-16-15-7-4-8-19-18(15)20-17(16)14-5-2-3-6-14/h4,7-8,14H,2-3,5-6,9-13H2,1H3,(H,19,20). The Balaban J connectivity index is 1.66. The minimum absolute atomic E-state index is 0.719. The highest BCUT2D eigenvalue weighted by molar-refractivity contribution is 5.81. The molecule has 1 saturated carbocycles. The zero-order valence-corrected chi connectivity index (χ0v) is 13.5. The van der Waals surface area contributed by atoms with Crippen LogP contribution >= 0.6 is 0 Å². The molecule has 0 atom stereocenters. The zero-order chi connectivity index (χ0) is 14.9. The highest BCUT2D eigenvalue weighted by Gasteiger charge is 2.25. The molecule has 0 radical (unpaired) electrons. The SMILES string of the molecule is CN1CCN(Cc2c(C3CCCC3)[nH]c3ncccc23)CC1. The summed E-state index contributed by atoms with van der Waals surface area (Å²) in [6.07, 6.45) is 7.32. The molecule has 3 heterocycles. The fraction of sp³-hybridized carbons (Fsp3) is 0.611. The second-order valence-electron chi connectivity index (χ2n) is 6.98. The van der Waals surface area contributed by atoms with E-state index in [4.69, 9.17) is 0 Å². The maximum Gasteiger partial charge on any atom is 0.137 e. The van der Waals surface area contributed by atoms with Gasteiger partial charge in [0, 0.05) is 50.0 Å². The van der Waals surface area contributed by atoms with Crippen LogP contribution in [0, 0.1) is 0 Å². The molecule has 4 heteroatoms. The third kappa shape index (κ3) is 2.66. The Morgan fingerprint density at radius 1 is 1.18 bits per heavy atom. The lowest BCUT2D eigenvalue weighted by molar-refractivity contribution is 0.148. The molecular weight excluding hydrogens is 272 g/mol. The lowest BCUT2D eigenvalue weighted by Gasteiger charge is -2.32. The van der Waals surface area contributed by atoms with Crippen molar-refractivity contribution in [3.05, 3.63) is 29.6 Å². The van der Waals surface area contributed by atoms with Gasteiger partial charge in [-0.1, -0.05) is 12.8 Å². The number of hydrogen-bond donors (Lipinski definition) is 1. The molecule has 1 N–H and O–H groups in total. The van der Waals surface area contributed by atoms with Crippen LogP contribution in [0.3, 0.4) is 0 Å². The number of fused-ring (bicyclic) bond motifs is 1. The highest BCUT2D eigenvalue weighted by Crippen LogP contribution is 2.38. The van der Waals surface area contributed by atoms with Crippen LogP contribution in [0.1, 0.15) is 42.9 Å². The number of nitrogens with one attached hydrogen (secondary N) is 1. The molecule has 118 valence electrons. The van der Waals surface area contributed by atoms with Gasteiger partial charge in [-0.2, -0.15) is 0 Å². The van der Waals surface area contributed by atoms with Gasteiger partial charge in [-0.3, -0.25) is 4.90 Å². The van der Waals surface area contributed by atoms with Gasteiger partial charge in [0.1, 0.15) is 5.65 Å². The number of hydrogen-bond acceptors (Lipinski definition) is 3. The molecule has 2 fully saturated rings. The monoisotopic (exact) mass is 298 g/mol. The molecule has 0 bridgehead atoms. The van der Waals surface area contributed by atoms with Crippen molar-refractivity contribution < 1.29 is 0 Å². The fourth-order valence-corrected chi connectivity index (χ4v) is 4.06. The minimum atomic E-state index is 0.719. The van der Waals surface area contributed by atoms with Gasteiger partial charge in [0.25, 0.3) is 0 Å². The van der Waals surface area contributed by atoms with Crippen molar-refractivity contribution >= 4 is 11.0 Å². The molecule has 0 amide bonds. The topological polar surface area (TPSA) is 35.2 Å². The van der Waals surface area contributed by atoms with Gasteiger partial charge in [-0.15, -0.1) is 0 Å². The van der Waals surface area contributed by atoms with Crippen molar-refractivity contribution in [3.8, 4) is 0 Å². The van der Waals surface area contributed by atoms with Gasteiger partial charge in [0.2, 0.25) is 0 Å². The Kier molecular flexibility index (Phi) is 3.89. The summed E-state index contributed by atoms with van der Waals surface area (Å²) in [6, 6.07) is 4.31. The largest absolute Gasteiger partial charge is 0.343 e. The molecular formula is C18H26N4. The Bertz CT molecular complexity index is 634. The van der Waals surface area contributed by atoms with Crippen molar-refractivity contribution in [3.63, 3.8) is 0 Å². The number of likely N-dealkylation sites (N-methyl/N-ethyl adjacent to an activating group) is 1. The summed E-state index contributed by atoms with van der Waals surface area (Å²) in [7, 11) is 2.22. The summed E-state index contributed by atoms with van der Waals surface area (Å²) in [5.41, 5.74) is 4.07. The summed E-state index contributed by atoms with van der Waals surface area (Å²) in [6.45, 7) is 5.78. The lowest BCUT2D eigenvalue weighted by atomic mass is 9.98. The number of nitrogens with zero attached hydrogens (tertiary/aromatic N) is 3. The third-order valence-corrected chi connectivity index (χ3v) is 5.45. The van der Waals surface area contributed by atoms with Gasteiger partial charge in [-0.05, 0) is 43.5 Å². The Morgan fingerprint density at radius 2 is 1.95 bits per heavy atom. The number of piperazine rings is 1. The average Bonchev–Trinajstić information content (AvgIpc) is 3.18. The maximum absolute atomic E-state index is 4.56. The second kappa shape index (κ2) is 6.01. The quantitative estimate of drug-likeness (QED) is 0.946. The fourth-order valence-electron chi connectivity index (χ4n) is 4.06. The van der Waals surface area contributed by atoms with Crippen LogP contribution in [0.5, 0.6) is 0 Å². The van der Waals surface area contributed by atoms with E-state index in [1.165, 1.54) is 68.5 Å². The molecule has 1 aliphatic heterocycles. The molecule has 22 heavy (non-hydrogen) atoms. The van der Waals surface area contributed by atoms with Gasteiger partial charge in [-0.25, -0.2) is 4.98 Å². The van der Waals surface area contributed by atoms with Crippen LogP contribution < -0.4 is 0 Å². The average molecular weight is 298 g/mol. The van der Waals surface area contributed by atoms with Gasteiger partial charge >= 0.3 is 0 Å². The van der Waals surface area contributed by atoms with E-state index in [0.29, 0.717) is 0 Å². The van der Waals surface area contributed by atoms with Gasteiger partial charge in [0.15, 0.2) is 0 Å². The smallest absolute Gasteiger partial charge is 0.137 e. The van der Waals surface area contributed by atoms with E-state index in [9.17, 15) is 0 Å². The number of aromatic amines is 1.